The third-order valence-corrected chi connectivity index (χ3v) is 4.28. The summed E-state index contributed by atoms with van der Waals surface area (Å²) in [5, 5.41) is 12.1. The number of amides is 1. The molecule has 0 atom stereocenters. The van der Waals surface area contributed by atoms with Gasteiger partial charge in [-0.1, -0.05) is 0 Å². The summed E-state index contributed by atoms with van der Waals surface area (Å²) >= 11 is 0. The van der Waals surface area contributed by atoms with Crippen LogP contribution in [0.2, 0.25) is 0 Å². The van der Waals surface area contributed by atoms with E-state index >= 15 is 0 Å². The molecule has 2 N–H and O–H groups in total. The average molecular weight is 283 g/mol. The molecule has 1 aliphatic carbocycles. The number of piperidine rings is 1. The van der Waals surface area contributed by atoms with Crippen molar-refractivity contribution < 1.29 is 14.7 Å². The molecule has 20 heavy (non-hydrogen) atoms. The van der Waals surface area contributed by atoms with Crippen molar-refractivity contribution in [2.24, 2.45) is 5.92 Å². The van der Waals surface area contributed by atoms with E-state index in [1.165, 1.54) is 12.8 Å². The fourth-order valence-electron chi connectivity index (χ4n) is 2.64. The molecule has 1 saturated heterocycles. The van der Waals surface area contributed by atoms with Gasteiger partial charge in [0, 0.05) is 32.2 Å². The van der Waals surface area contributed by atoms with Gasteiger partial charge in [0.1, 0.15) is 0 Å². The fourth-order valence-corrected chi connectivity index (χ4v) is 2.64. The minimum Gasteiger partial charge on any atom is -0.481 e. The summed E-state index contributed by atoms with van der Waals surface area (Å²) in [5.74, 6) is -0.930. The topological polar surface area (TPSA) is 72.9 Å². The van der Waals surface area contributed by atoms with Gasteiger partial charge in [-0.05, 0) is 32.7 Å². The number of hydrogen-bond donors (Lipinski definition) is 2. The van der Waals surface area contributed by atoms with E-state index in [-0.39, 0.29) is 11.8 Å². The van der Waals surface area contributed by atoms with Crippen LogP contribution in [0.25, 0.3) is 0 Å². The number of carboxylic acid groups (broad SMARTS) is 1. The van der Waals surface area contributed by atoms with E-state index < -0.39 is 5.97 Å². The van der Waals surface area contributed by atoms with Gasteiger partial charge in [0.2, 0.25) is 5.91 Å². The van der Waals surface area contributed by atoms with E-state index in [1.807, 2.05) is 0 Å². The van der Waals surface area contributed by atoms with Gasteiger partial charge in [-0.3, -0.25) is 9.59 Å². The monoisotopic (exact) mass is 283 g/mol. The molecule has 1 heterocycles. The Kier molecular flexibility index (Phi) is 5.37. The molecular weight excluding hydrogens is 258 g/mol. The number of carbonyl (C=O) groups excluding carboxylic acids is 1. The lowest BCUT2D eigenvalue weighted by Gasteiger charge is -2.30. The Bertz CT molecular complexity index is 350. The molecule has 2 fully saturated rings. The van der Waals surface area contributed by atoms with Gasteiger partial charge < -0.3 is 20.2 Å². The molecule has 6 nitrogen and oxygen atoms in total. The molecule has 0 aromatic heterocycles. The van der Waals surface area contributed by atoms with Crippen LogP contribution in [0.3, 0.4) is 0 Å². The van der Waals surface area contributed by atoms with Crippen molar-refractivity contribution in [1.29, 1.82) is 0 Å². The van der Waals surface area contributed by atoms with Crippen molar-refractivity contribution in [2.45, 2.75) is 31.7 Å². The molecule has 2 aliphatic rings. The highest BCUT2D eigenvalue weighted by atomic mass is 16.4. The van der Waals surface area contributed by atoms with Crippen LogP contribution in [-0.4, -0.2) is 72.6 Å². The minimum absolute atomic E-state index is 0.0860. The fraction of sp³-hybridized carbons (Fsp3) is 0.857. The van der Waals surface area contributed by atoms with Crippen LogP contribution >= 0.6 is 0 Å². The van der Waals surface area contributed by atoms with E-state index in [0.29, 0.717) is 32.5 Å². The lowest BCUT2D eigenvalue weighted by Crippen LogP contribution is -2.45. The Morgan fingerprint density at radius 2 is 1.90 bits per heavy atom. The zero-order chi connectivity index (χ0) is 14.5. The number of carboxylic acids is 1. The molecule has 1 saturated carbocycles. The maximum Gasteiger partial charge on any atom is 0.306 e. The van der Waals surface area contributed by atoms with E-state index in [0.717, 1.165) is 19.1 Å². The molecular formula is C14H25N3O3. The van der Waals surface area contributed by atoms with Crippen LogP contribution in [0.4, 0.5) is 0 Å². The quantitative estimate of drug-likeness (QED) is 0.643. The highest BCUT2D eigenvalue weighted by Crippen LogP contribution is 2.24. The predicted molar refractivity (Wildman–Crippen MR) is 75.5 cm³/mol. The van der Waals surface area contributed by atoms with Gasteiger partial charge in [0.15, 0.2) is 0 Å². The van der Waals surface area contributed by atoms with Crippen LogP contribution < -0.4 is 5.32 Å². The van der Waals surface area contributed by atoms with Crippen molar-refractivity contribution in [3.8, 4) is 0 Å². The zero-order valence-electron chi connectivity index (χ0n) is 12.2. The van der Waals surface area contributed by atoms with Gasteiger partial charge in [0.25, 0.3) is 0 Å². The summed E-state index contributed by atoms with van der Waals surface area (Å²) in [6.45, 7) is 3.29. The average Bonchev–Trinajstić information content (AvgIpc) is 3.27. The van der Waals surface area contributed by atoms with Crippen LogP contribution in [0.1, 0.15) is 25.7 Å². The predicted octanol–water partition coefficient (Wildman–Crippen LogP) is -0.00660. The maximum atomic E-state index is 12.0. The molecule has 0 bridgehead atoms. The third kappa shape index (κ3) is 4.45. The number of carbonyl (C=O) groups is 2. The van der Waals surface area contributed by atoms with Crippen molar-refractivity contribution >= 4 is 11.9 Å². The van der Waals surface area contributed by atoms with E-state index in [1.54, 1.807) is 4.90 Å². The van der Waals surface area contributed by atoms with Crippen molar-refractivity contribution in [2.75, 3.05) is 39.8 Å². The standard InChI is InChI=1S/C14H25N3O3/c1-16(12-2-3-12)9-6-15-10-13(18)17-7-4-11(5-8-17)14(19)20/h11-12,15H,2-10H2,1H3,(H,19,20). The summed E-state index contributed by atoms with van der Waals surface area (Å²) in [4.78, 5) is 26.9. The first-order chi connectivity index (χ1) is 9.58. The molecule has 0 radical (unpaired) electrons. The second-order valence-corrected chi connectivity index (χ2v) is 5.88. The number of hydrogen-bond acceptors (Lipinski definition) is 4. The van der Waals surface area contributed by atoms with Crippen LogP contribution in [-0.2, 0) is 9.59 Å². The number of likely N-dealkylation sites (tertiary alicyclic amines) is 1. The summed E-state index contributed by atoms with van der Waals surface area (Å²) in [7, 11) is 2.12. The lowest BCUT2D eigenvalue weighted by molar-refractivity contribution is -0.145. The number of nitrogens with one attached hydrogen (secondary N) is 1. The summed E-state index contributed by atoms with van der Waals surface area (Å²) in [6.07, 6.45) is 3.75. The molecule has 1 aliphatic heterocycles. The van der Waals surface area contributed by atoms with Crippen molar-refractivity contribution in [1.82, 2.24) is 15.1 Å². The van der Waals surface area contributed by atoms with E-state index in [4.69, 9.17) is 5.11 Å². The molecule has 2 rings (SSSR count). The Balaban J connectivity index is 1.57. The first-order valence-electron chi connectivity index (χ1n) is 7.49. The van der Waals surface area contributed by atoms with E-state index in [2.05, 4.69) is 17.3 Å². The largest absolute Gasteiger partial charge is 0.481 e. The van der Waals surface area contributed by atoms with Crippen LogP contribution in [0, 0.1) is 5.92 Å². The van der Waals surface area contributed by atoms with Crippen LogP contribution in [0.15, 0.2) is 0 Å². The molecule has 1 amide bonds. The Labute approximate surface area is 120 Å². The van der Waals surface area contributed by atoms with Crippen LogP contribution in [0.5, 0.6) is 0 Å². The highest BCUT2D eigenvalue weighted by Gasteiger charge is 2.27. The normalized spacial score (nSPS) is 20.4. The summed E-state index contributed by atoms with van der Waals surface area (Å²) < 4.78 is 0. The zero-order valence-corrected chi connectivity index (χ0v) is 12.2. The molecule has 0 aromatic rings. The minimum atomic E-state index is -0.738. The van der Waals surface area contributed by atoms with Gasteiger partial charge in [-0.25, -0.2) is 0 Å². The number of aliphatic carboxylic acids is 1. The lowest BCUT2D eigenvalue weighted by atomic mass is 9.97. The molecule has 114 valence electrons. The van der Waals surface area contributed by atoms with Crippen molar-refractivity contribution in [3.63, 3.8) is 0 Å². The van der Waals surface area contributed by atoms with Crippen molar-refractivity contribution in [3.05, 3.63) is 0 Å². The first-order valence-corrected chi connectivity index (χ1v) is 7.49. The maximum absolute atomic E-state index is 12.0. The molecule has 0 unspecified atom stereocenters. The summed E-state index contributed by atoms with van der Waals surface area (Å²) in [5.41, 5.74) is 0. The smallest absolute Gasteiger partial charge is 0.306 e. The molecule has 0 aromatic carbocycles. The van der Waals surface area contributed by atoms with E-state index in [9.17, 15) is 9.59 Å². The number of likely N-dealkylation sites (N-methyl/N-ethyl adjacent to an activating group) is 1. The van der Waals surface area contributed by atoms with Gasteiger partial charge in [0.05, 0.1) is 12.5 Å². The SMILES string of the molecule is CN(CCNCC(=O)N1CCC(C(=O)O)CC1)C1CC1. The van der Waals surface area contributed by atoms with Gasteiger partial charge in [-0.15, -0.1) is 0 Å². The first kappa shape index (κ1) is 15.3. The second kappa shape index (κ2) is 7.04. The third-order valence-electron chi connectivity index (χ3n) is 4.28. The Hall–Kier alpha value is -1.14. The second-order valence-electron chi connectivity index (χ2n) is 5.88. The number of rotatable bonds is 7. The summed E-state index contributed by atoms with van der Waals surface area (Å²) in [6, 6.07) is 0.752. The number of nitrogens with zero attached hydrogens (tertiary/aromatic N) is 2. The Morgan fingerprint density at radius 1 is 1.25 bits per heavy atom. The molecule has 0 spiro atoms. The Morgan fingerprint density at radius 3 is 2.45 bits per heavy atom. The highest BCUT2D eigenvalue weighted by molar-refractivity contribution is 5.78. The van der Waals surface area contributed by atoms with Gasteiger partial charge in [-0.2, -0.15) is 0 Å². The molecule has 6 heteroatoms. The van der Waals surface area contributed by atoms with Gasteiger partial charge >= 0.3 is 5.97 Å².